The smallest absolute Gasteiger partial charge is 0.309 e. The molecule has 0 atom stereocenters. The highest BCUT2D eigenvalue weighted by atomic mass is 32.2. The molecule has 0 fully saturated rings. The Morgan fingerprint density at radius 3 is 2.60 bits per heavy atom. The lowest BCUT2D eigenvalue weighted by molar-refractivity contribution is -0.136. The van der Waals surface area contributed by atoms with Crippen molar-refractivity contribution in [2.24, 2.45) is 5.14 Å². The fourth-order valence-corrected chi connectivity index (χ4v) is 1.36. The number of pyridine rings is 1. The fourth-order valence-electron chi connectivity index (χ4n) is 0.909. The van der Waals surface area contributed by atoms with Crippen molar-refractivity contribution in [1.29, 1.82) is 0 Å². The highest BCUT2D eigenvalue weighted by Gasteiger charge is 2.04. The lowest BCUT2D eigenvalue weighted by Crippen LogP contribution is -2.21. The van der Waals surface area contributed by atoms with Gasteiger partial charge in [-0.25, -0.2) is 5.14 Å². The van der Waals surface area contributed by atoms with E-state index in [0.717, 1.165) is 0 Å². The normalized spacial score (nSPS) is 11.0. The van der Waals surface area contributed by atoms with Gasteiger partial charge in [-0.3, -0.25) is 14.5 Å². The van der Waals surface area contributed by atoms with Crippen molar-refractivity contribution < 1.29 is 18.3 Å². The monoisotopic (exact) mass is 231 g/mol. The van der Waals surface area contributed by atoms with E-state index in [1.54, 1.807) is 0 Å². The molecule has 7 nitrogen and oxygen atoms in total. The Labute approximate surface area is 86.1 Å². The molecule has 0 aliphatic carbocycles. The first-order chi connectivity index (χ1) is 6.87. The minimum Gasteiger partial charge on any atom is -0.481 e. The largest absolute Gasteiger partial charge is 0.481 e. The zero-order valence-electron chi connectivity index (χ0n) is 7.54. The molecular weight excluding hydrogens is 222 g/mol. The van der Waals surface area contributed by atoms with Crippen LogP contribution in [0.3, 0.4) is 0 Å². The molecule has 0 aliphatic heterocycles. The predicted octanol–water partition coefficient (Wildman–Crippen LogP) is -0.676. The molecule has 82 valence electrons. The number of rotatable bonds is 4. The van der Waals surface area contributed by atoms with Crippen molar-refractivity contribution in [3.63, 3.8) is 0 Å². The van der Waals surface area contributed by atoms with Gasteiger partial charge in [0.05, 0.1) is 24.0 Å². The second-order valence-corrected chi connectivity index (χ2v) is 4.05. The maximum Gasteiger partial charge on any atom is 0.309 e. The Balaban J connectivity index is 2.77. The number of aromatic nitrogens is 1. The maximum atomic E-state index is 10.6. The van der Waals surface area contributed by atoms with Gasteiger partial charge in [0.2, 0.25) is 0 Å². The number of hydrogen-bond donors (Lipinski definition) is 3. The summed E-state index contributed by atoms with van der Waals surface area (Å²) < 4.78 is 23.2. The van der Waals surface area contributed by atoms with Crippen LogP contribution in [0.25, 0.3) is 0 Å². The zero-order valence-corrected chi connectivity index (χ0v) is 8.36. The molecule has 15 heavy (non-hydrogen) atoms. The molecule has 0 saturated heterocycles. The molecule has 0 unspecified atom stereocenters. The number of nitrogens with two attached hydrogens (primary N) is 1. The summed E-state index contributed by atoms with van der Waals surface area (Å²) in [7, 11) is -3.82. The number of nitrogens with one attached hydrogen (secondary N) is 1. The molecule has 1 aromatic heterocycles. The Kier molecular flexibility index (Phi) is 3.22. The topological polar surface area (TPSA) is 122 Å². The van der Waals surface area contributed by atoms with Gasteiger partial charge in [0.25, 0.3) is 10.2 Å². The van der Waals surface area contributed by atoms with E-state index in [-0.39, 0.29) is 12.1 Å². The van der Waals surface area contributed by atoms with E-state index in [0.29, 0.717) is 5.69 Å². The minimum absolute atomic E-state index is 0.187. The highest BCUT2D eigenvalue weighted by Crippen LogP contribution is 2.07. The van der Waals surface area contributed by atoms with E-state index in [2.05, 4.69) is 4.98 Å². The van der Waals surface area contributed by atoms with Crippen molar-refractivity contribution in [1.82, 2.24) is 4.98 Å². The Hall–Kier alpha value is -1.67. The molecule has 0 amide bonds. The summed E-state index contributed by atoms with van der Waals surface area (Å²) in [6.07, 6.45) is 0.984. The molecule has 1 aromatic rings. The third-order valence-electron chi connectivity index (χ3n) is 1.42. The lowest BCUT2D eigenvalue weighted by Gasteiger charge is -2.03. The Morgan fingerprint density at radius 2 is 2.20 bits per heavy atom. The van der Waals surface area contributed by atoms with E-state index >= 15 is 0 Å². The quantitative estimate of drug-likeness (QED) is 0.633. The molecule has 4 N–H and O–H groups in total. The fraction of sp³-hybridized carbons (Fsp3) is 0.143. The van der Waals surface area contributed by atoms with Gasteiger partial charge in [0.1, 0.15) is 0 Å². The van der Waals surface area contributed by atoms with Crippen LogP contribution in [-0.2, 0) is 21.4 Å². The van der Waals surface area contributed by atoms with Gasteiger partial charge < -0.3 is 5.11 Å². The van der Waals surface area contributed by atoms with E-state index in [1.165, 1.54) is 18.3 Å². The maximum absolute atomic E-state index is 10.6. The SMILES string of the molecule is NS(=O)(=O)Nc1ccc(CC(=O)O)nc1. The van der Waals surface area contributed by atoms with E-state index in [4.69, 9.17) is 10.2 Å². The summed E-state index contributed by atoms with van der Waals surface area (Å²) in [6, 6.07) is 2.79. The van der Waals surface area contributed by atoms with Crippen LogP contribution in [0.1, 0.15) is 5.69 Å². The second-order valence-electron chi connectivity index (χ2n) is 2.76. The minimum atomic E-state index is -3.82. The highest BCUT2D eigenvalue weighted by molar-refractivity contribution is 7.90. The number of carbonyl (C=O) groups is 1. The first kappa shape index (κ1) is 11.4. The van der Waals surface area contributed by atoms with Gasteiger partial charge in [0, 0.05) is 0 Å². The first-order valence-corrected chi connectivity index (χ1v) is 5.39. The number of carboxylic acids is 1. The molecule has 1 rings (SSSR count). The van der Waals surface area contributed by atoms with Crippen molar-refractivity contribution in [2.45, 2.75) is 6.42 Å². The third kappa shape index (κ3) is 4.38. The van der Waals surface area contributed by atoms with E-state index in [1.807, 2.05) is 4.72 Å². The summed E-state index contributed by atoms with van der Waals surface area (Å²) in [5, 5.41) is 13.2. The van der Waals surface area contributed by atoms with Crippen molar-refractivity contribution >= 4 is 21.9 Å². The standard InChI is InChI=1S/C7H9N3O4S/c8-15(13,14)10-6-2-1-5(9-4-6)3-7(11)12/h1-2,4,10H,3H2,(H,11,12)(H2,8,13,14). The molecule has 0 saturated carbocycles. The third-order valence-corrected chi connectivity index (χ3v) is 1.94. The molecule has 8 heteroatoms. The van der Waals surface area contributed by atoms with Crippen molar-refractivity contribution in [3.05, 3.63) is 24.0 Å². The zero-order chi connectivity index (χ0) is 11.5. The van der Waals surface area contributed by atoms with Gasteiger partial charge >= 0.3 is 5.97 Å². The lowest BCUT2D eigenvalue weighted by atomic mass is 10.3. The number of carboxylic acid groups (broad SMARTS) is 1. The average molecular weight is 231 g/mol. The summed E-state index contributed by atoms with van der Waals surface area (Å²) in [5.41, 5.74) is 0.522. The van der Waals surface area contributed by atoms with Gasteiger partial charge in [0.15, 0.2) is 0 Å². The molecule has 0 bridgehead atoms. The van der Waals surface area contributed by atoms with Crippen LogP contribution in [0.2, 0.25) is 0 Å². The molecule has 0 radical (unpaired) electrons. The van der Waals surface area contributed by atoms with E-state index < -0.39 is 16.2 Å². The van der Waals surface area contributed by atoms with Crippen LogP contribution in [-0.4, -0.2) is 24.5 Å². The molecule has 0 aromatic carbocycles. The van der Waals surface area contributed by atoms with Gasteiger partial charge in [-0.05, 0) is 12.1 Å². The summed E-state index contributed by atoms with van der Waals surface area (Å²) in [4.78, 5) is 14.1. The Bertz CT molecular complexity index is 454. The first-order valence-electron chi connectivity index (χ1n) is 3.84. The molecular formula is C7H9N3O4S. The van der Waals surface area contributed by atoms with Crippen LogP contribution in [0, 0.1) is 0 Å². The molecule has 0 spiro atoms. The second kappa shape index (κ2) is 4.24. The Morgan fingerprint density at radius 1 is 1.53 bits per heavy atom. The van der Waals surface area contributed by atoms with Crippen LogP contribution < -0.4 is 9.86 Å². The summed E-state index contributed by atoms with van der Waals surface area (Å²) in [5.74, 6) is -1.00. The molecule has 0 aliphatic rings. The number of aliphatic carboxylic acids is 1. The molecule has 1 heterocycles. The summed E-state index contributed by atoms with van der Waals surface area (Å²) in [6.45, 7) is 0. The van der Waals surface area contributed by atoms with Crippen LogP contribution in [0.4, 0.5) is 5.69 Å². The number of anilines is 1. The number of hydrogen-bond acceptors (Lipinski definition) is 4. The predicted molar refractivity (Wildman–Crippen MR) is 52.3 cm³/mol. The van der Waals surface area contributed by atoms with E-state index in [9.17, 15) is 13.2 Å². The van der Waals surface area contributed by atoms with Crippen LogP contribution >= 0.6 is 0 Å². The van der Waals surface area contributed by atoms with Crippen LogP contribution in [0.5, 0.6) is 0 Å². The van der Waals surface area contributed by atoms with Crippen molar-refractivity contribution in [3.8, 4) is 0 Å². The van der Waals surface area contributed by atoms with Gasteiger partial charge in [-0.15, -0.1) is 0 Å². The average Bonchev–Trinajstić information content (AvgIpc) is 2.05. The number of nitrogens with zero attached hydrogens (tertiary/aromatic N) is 1. The van der Waals surface area contributed by atoms with Crippen LogP contribution in [0.15, 0.2) is 18.3 Å². The van der Waals surface area contributed by atoms with Gasteiger partial charge in [-0.2, -0.15) is 8.42 Å². The van der Waals surface area contributed by atoms with Crippen molar-refractivity contribution in [2.75, 3.05) is 4.72 Å². The summed E-state index contributed by atoms with van der Waals surface area (Å²) >= 11 is 0. The van der Waals surface area contributed by atoms with Gasteiger partial charge in [-0.1, -0.05) is 0 Å².